The van der Waals surface area contributed by atoms with Gasteiger partial charge in [0.2, 0.25) is 5.52 Å². The lowest BCUT2D eigenvalue weighted by Gasteiger charge is -2.11. The van der Waals surface area contributed by atoms with E-state index in [1.807, 2.05) is 30.7 Å². The molecule has 12 heteroatoms. The Morgan fingerprint density at radius 3 is 2.27 bits per heavy atom. The van der Waals surface area contributed by atoms with Crippen molar-refractivity contribution in [2.75, 3.05) is 11.9 Å². The number of carboxylic acids is 1. The number of aliphatic carboxylic acids is 1. The van der Waals surface area contributed by atoms with Crippen LogP contribution in [0.1, 0.15) is 25.8 Å². The highest BCUT2D eigenvalue weighted by Gasteiger charge is 2.24. The lowest BCUT2D eigenvalue weighted by Crippen LogP contribution is -2.35. The average Bonchev–Trinajstić information content (AvgIpc) is 3.44. The maximum atomic E-state index is 13.3. The van der Waals surface area contributed by atoms with Crippen LogP contribution in [0.15, 0.2) is 58.2 Å². The molecule has 0 unspecified atom stereocenters. The highest BCUT2D eigenvalue weighted by Crippen LogP contribution is 2.44. The average molecular weight is 566 g/mol. The van der Waals surface area contributed by atoms with Crippen LogP contribution >= 0.6 is 34.4 Å². The smallest absolute Gasteiger partial charge is 0.271 e. The number of carbonyl (C=O) groups excluding carboxylic acids is 1. The number of anilines is 1. The van der Waals surface area contributed by atoms with Gasteiger partial charge in [0.15, 0.2) is 0 Å². The van der Waals surface area contributed by atoms with Gasteiger partial charge in [-0.2, -0.15) is 4.57 Å². The molecule has 2 aromatic heterocycles. The second-order valence-electron chi connectivity index (χ2n) is 7.54. The number of aromatic nitrogens is 2. The van der Waals surface area contributed by atoms with Gasteiger partial charge >= 0.3 is 0 Å². The van der Waals surface area contributed by atoms with Crippen molar-refractivity contribution in [3.63, 3.8) is 0 Å². The third-order valence-corrected chi connectivity index (χ3v) is 8.96. The Balaban J connectivity index is 0.000000915. The first-order valence-corrected chi connectivity index (χ1v) is 13.4. The topological polar surface area (TPSA) is 164 Å². The zero-order valence-electron chi connectivity index (χ0n) is 20.9. The third kappa shape index (κ3) is 6.29. The summed E-state index contributed by atoms with van der Waals surface area (Å²) in [6.45, 7) is 6.74. The molecule has 0 spiro atoms. The Hall–Kier alpha value is -3.00. The Labute approximate surface area is 226 Å². The summed E-state index contributed by atoms with van der Waals surface area (Å²) < 4.78 is 7.31. The Morgan fingerprint density at radius 1 is 1.03 bits per heavy atom. The zero-order chi connectivity index (χ0) is 24.4. The van der Waals surface area contributed by atoms with Gasteiger partial charge in [-0.3, -0.25) is 9.36 Å². The molecule has 1 aliphatic heterocycles. The first-order chi connectivity index (χ1) is 16.3. The lowest BCUT2D eigenvalue weighted by atomic mass is 10.3. The summed E-state index contributed by atoms with van der Waals surface area (Å²) in [6, 6.07) is 16.8. The molecule has 0 amide bonds. The van der Waals surface area contributed by atoms with Crippen LogP contribution in [0.4, 0.5) is 5.69 Å². The van der Waals surface area contributed by atoms with E-state index in [0.717, 1.165) is 33.4 Å². The first-order valence-electron chi connectivity index (χ1n) is 10.9. The van der Waals surface area contributed by atoms with E-state index in [2.05, 4.69) is 58.9 Å². The monoisotopic (exact) mass is 565 g/mol. The quantitative estimate of drug-likeness (QED) is 0.315. The van der Waals surface area contributed by atoms with Gasteiger partial charge in [-0.1, -0.05) is 47.4 Å². The molecule has 4 aromatic rings. The molecule has 0 atom stereocenters. The van der Waals surface area contributed by atoms with Crippen molar-refractivity contribution in [2.45, 2.75) is 38.8 Å². The summed E-state index contributed by atoms with van der Waals surface area (Å²) in [4.78, 5) is 25.5. The van der Waals surface area contributed by atoms with E-state index in [1.165, 1.54) is 20.1 Å². The predicted octanol–water partition coefficient (Wildman–Crippen LogP) is -0.130. The van der Waals surface area contributed by atoms with Gasteiger partial charge in [-0.25, -0.2) is 0 Å². The maximum Gasteiger partial charge on any atom is 0.271 e. The van der Waals surface area contributed by atoms with Gasteiger partial charge in [-0.05, 0) is 39.0 Å². The molecule has 0 radical (unpaired) electrons. The molecule has 0 aliphatic carbocycles. The molecule has 0 saturated heterocycles. The summed E-state index contributed by atoms with van der Waals surface area (Å²) in [5.41, 5.74) is 2.50. The number of hydrogen-bond donors (Lipinski definition) is 0. The Kier molecular flexibility index (Phi) is 11.7. The molecule has 3 heterocycles. The van der Waals surface area contributed by atoms with Crippen molar-refractivity contribution in [1.29, 1.82) is 0 Å². The molecule has 1 aliphatic rings. The van der Waals surface area contributed by atoms with Gasteiger partial charge in [0.1, 0.15) is 25.5 Å². The van der Waals surface area contributed by atoms with E-state index in [0.29, 0.717) is 6.54 Å². The summed E-state index contributed by atoms with van der Waals surface area (Å²) >= 11 is 5.06. The molecule has 0 bridgehead atoms. The normalized spacial score (nSPS) is 13.6. The Bertz CT molecular complexity index is 1550. The van der Waals surface area contributed by atoms with Crippen LogP contribution in [0, 0.1) is 0 Å². The molecule has 200 valence electrons. The number of rotatable bonds is 3. The van der Waals surface area contributed by atoms with Crippen LogP contribution in [0.2, 0.25) is 0 Å². The summed E-state index contributed by atoms with van der Waals surface area (Å²) in [5, 5.41) is 11.1. The van der Waals surface area contributed by atoms with E-state index in [9.17, 15) is 4.79 Å². The van der Waals surface area contributed by atoms with Crippen LogP contribution in [-0.4, -0.2) is 34.0 Å². The molecular formula is C25H31N3O6S3. The highest BCUT2D eigenvalue weighted by molar-refractivity contribution is 8.08. The fourth-order valence-electron chi connectivity index (χ4n) is 3.86. The van der Waals surface area contributed by atoms with Gasteiger partial charge in [-0.15, -0.1) is 11.3 Å². The SMILES string of the molecule is CC(=O)[O-].CCn1c(=O)/c(=C2/Sc3ccccc3N2C)s/c1=C/c1sc2ccccc2[n+]1CC.O.O.O. The number of thioether (sulfide) groups is 1. The van der Waals surface area contributed by atoms with Gasteiger partial charge < -0.3 is 31.2 Å². The Morgan fingerprint density at radius 2 is 1.65 bits per heavy atom. The van der Waals surface area contributed by atoms with Crippen molar-refractivity contribution >= 4 is 67.4 Å². The molecule has 5 rings (SSSR count). The number of para-hydroxylation sites is 2. The van der Waals surface area contributed by atoms with Crippen LogP contribution in [0.5, 0.6) is 0 Å². The van der Waals surface area contributed by atoms with Gasteiger partial charge in [0.05, 0.1) is 11.8 Å². The minimum absolute atomic E-state index is 0. The standard InChI is InChI=1S/C23H22N3OS3.C2H4O2.3H2O/c1-4-25-16-11-7-9-13-18(16)28-19(25)14-20-26(5-2)22(27)21(30-20)23-24(3)15-10-6-8-12-17(15)29-23;1-2(3)4;;;/h6-14H,4-5H2,1-3H3;1H3,(H,3,4);3*1H2/q+1;;;;/p-1/b23-21-;;;;. The number of hydrogen-bond acceptors (Lipinski definition) is 7. The van der Waals surface area contributed by atoms with Gasteiger partial charge in [0.25, 0.3) is 10.6 Å². The fraction of sp³-hybridized carbons (Fsp3) is 0.240. The fourth-order valence-corrected chi connectivity index (χ4v) is 7.55. The second kappa shape index (κ2) is 13.5. The van der Waals surface area contributed by atoms with E-state index in [-0.39, 0.29) is 22.0 Å². The van der Waals surface area contributed by atoms with Crippen molar-refractivity contribution in [3.05, 3.63) is 73.1 Å². The van der Waals surface area contributed by atoms with Crippen molar-refractivity contribution in [3.8, 4) is 0 Å². The lowest BCUT2D eigenvalue weighted by molar-refractivity contribution is -0.665. The molecular weight excluding hydrogens is 534 g/mol. The highest BCUT2D eigenvalue weighted by atomic mass is 32.2. The third-order valence-electron chi connectivity index (χ3n) is 5.36. The summed E-state index contributed by atoms with van der Waals surface area (Å²) in [7, 11) is 2.05. The van der Waals surface area contributed by atoms with E-state index in [1.54, 1.807) is 34.4 Å². The predicted molar refractivity (Wildman–Crippen MR) is 150 cm³/mol. The number of carboxylic acid groups (broad SMARTS) is 1. The number of carbonyl (C=O) groups is 1. The molecule has 9 nitrogen and oxygen atoms in total. The molecule has 2 aromatic carbocycles. The van der Waals surface area contributed by atoms with E-state index in [4.69, 9.17) is 9.90 Å². The number of nitrogens with zero attached hydrogens (tertiary/aromatic N) is 3. The number of benzene rings is 2. The van der Waals surface area contributed by atoms with Crippen LogP contribution in [0.3, 0.4) is 0 Å². The van der Waals surface area contributed by atoms with Crippen molar-refractivity contribution in [1.82, 2.24) is 4.57 Å². The van der Waals surface area contributed by atoms with Crippen LogP contribution in [0.25, 0.3) is 21.3 Å². The van der Waals surface area contributed by atoms with Crippen LogP contribution in [-0.2, 0) is 17.9 Å². The van der Waals surface area contributed by atoms with E-state index >= 15 is 0 Å². The molecule has 6 N–H and O–H groups in total. The van der Waals surface area contributed by atoms with Gasteiger partial charge in [0, 0.05) is 30.5 Å². The van der Waals surface area contributed by atoms with Crippen molar-refractivity contribution in [2.24, 2.45) is 0 Å². The number of fused-ring (bicyclic) bond motifs is 2. The molecule has 37 heavy (non-hydrogen) atoms. The number of aryl methyl sites for hydroxylation is 1. The van der Waals surface area contributed by atoms with Crippen LogP contribution < -0.4 is 29.3 Å². The summed E-state index contributed by atoms with van der Waals surface area (Å²) in [5.74, 6) is -1.08. The number of thiazole rings is 2. The first kappa shape index (κ1) is 32.0. The summed E-state index contributed by atoms with van der Waals surface area (Å²) in [6.07, 6.45) is 2.18. The molecule has 0 saturated carbocycles. The zero-order valence-corrected chi connectivity index (χ0v) is 23.4. The second-order valence-corrected chi connectivity index (χ2v) is 10.7. The maximum absolute atomic E-state index is 13.3. The van der Waals surface area contributed by atoms with E-state index < -0.39 is 5.97 Å². The van der Waals surface area contributed by atoms with Crippen molar-refractivity contribution < 1.29 is 30.9 Å². The molecule has 0 fully saturated rings. The largest absolute Gasteiger partial charge is 0.550 e. The minimum atomic E-state index is -1.08. The minimum Gasteiger partial charge on any atom is -0.550 e.